The van der Waals surface area contributed by atoms with Gasteiger partial charge in [-0.3, -0.25) is 0 Å². The maximum atomic E-state index is 5.24. The molecule has 8 heteroatoms. The Kier molecular flexibility index (Phi) is 8.93. The molecule has 1 aromatic heterocycles. The quantitative estimate of drug-likeness (QED) is 0.339. The van der Waals surface area contributed by atoms with Gasteiger partial charge in [-0.15, -0.1) is 34.2 Å². The van der Waals surface area contributed by atoms with E-state index >= 15 is 0 Å². The topological polar surface area (TPSA) is 76.4 Å². The van der Waals surface area contributed by atoms with Crippen LogP contribution in [0.4, 0.5) is 0 Å². The highest BCUT2D eigenvalue weighted by molar-refractivity contribution is 14.0. The number of guanidine groups is 1. The van der Waals surface area contributed by atoms with E-state index in [-0.39, 0.29) is 24.0 Å². The standard InChI is InChI=1S/C22H34N6O.HI/c1-16-26-27-20(28(16)4)15-24-21(25-18-10-12-22(2,3)13-11-18)23-14-17-6-8-19(29-5)9-7-17;/h6-9,18H,10-15H2,1-5H3,(H2,23,24,25);1H. The molecule has 0 amide bonds. The highest BCUT2D eigenvalue weighted by Crippen LogP contribution is 2.34. The molecule has 0 spiro atoms. The molecule has 1 aliphatic carbocycles. The van der Waals surface area contributed by atoms with Crippen LogP contribution >= 0.6 is 24.0 Å². The van der Waals surface area contributed by atoms with Crippen LogP contribution in [-0.2, 0) is 20.1 Å². The minimum absolute atomic E-state index is 0. The fourth-order valence-electron chi connectivity index (χ4n) is 3.56. The van der Waals surface area contributed by atoms with Gasteiger partial charge in [0.15, 0.2) is 11.8 Å². The Labute approximate surface area is 197 Å². The Morgan fingerprint density at radius 3 is 2.43 bits per heavy atom. The van der Waals surface area contributed by atoms with Gasteiger partial charge in [0.05, 0.1) is 20.2 Å². The van der Waals surface area contributed by atoms with Crippen LogP contribution in [0.1, 0.15) is 56.7 Å². The van der Waals surface area contributed by atoms with E-state index in [0.717, 1.165) is 28.9 Å². The zero-order chi connectivity index (χ0) is 20.9. The van der Waals surface area contributed by atoms with Crippen molar-refractivity contribution in [2.45, 2.75) is 65.6 Å². The summed E-state index contributed by atoms with van der Waals surface area (Å²) in [4.78, 5) is 4.83. The largest absolute Gasteiger partial charge is 0.497 e. The van der Waals surface area contributed by atoms with Gasteiger partial charge < -0.3 is 19.9 Å². The van der Waals surface area contributed by atoms with Crippen molar-refractivity contribution in [3.63, 3.8) is 0 Å². The molecule has 166 valence electrons. The van der Waals surface area contributed by atoms with Gasteiger partial charge >= 0.3 is 0 Å². The van der Waals surface area contributed by atoms with Crippen molar-refractivity contribution in [3.05, 3.63) is 41.5 Å². The lowest BCUT2D eigenvalue weighted by molar-refractivity contribution is 0.216. The van der Waals surface area contributed by atoms with Crippen LogP contribution in [0.5, 0.6) is 5.75 Å². The lowest BCUT2D eigenvalue weighted by Crippen LogP contribution is -2.45. The number of nitrogens with one attached hydrogen (secondary N) is 2. The zero-order valence-corrected chi connectivity index (χ0v) is 21.1. The number of hydrogen-bond donors (Lipinski definition) is 2. The molecule has 0 atom stereocenters. The fourth-order valence-corrected chi connectivity index (χ4v) is 3.56. The van der Waals surface area contributed by atoms with E-state index in [1.165, 1.54) is 25.7 Å². The summed E-state index contributed by atoms with van der Waals surface area (Å²) >= 11 is 0. The van der Waals surface area contributed by atoms with E-state index in [2.05, 4.69) is 46.8 Å². The van der Waals surface area contributed by atoms with Crippen molar-refractivity contribution >= 4 is 29.9 Å². The summed E-state index contributed by atoms with van der Waals surface area (Å²) in [7, 11) is 3.66. The Morgan fingerprint density at radius 2 is 1.87 bits per heavy atom. The molecule has 2 N–H and O–H groups in total. The summed E-state index contributed by atoms with van der Waals surface area (Å²) in [5.74, 6) is 3.48. The fraction of sp³-hybridized carbons (Fsp3) is 0.591. The maximum absolute atomic E-state index is 5.24. The SMILES string of the molecule is COc1ccc(CN=C(NCc2nnc(C)n2C)NC2CCC(C)(C)CC2)cc1.I. The second kappa shape index (κ2) is 11.0. The van der Waals surface area contributed by atoms with Crippen LogP contribution in [0, 0.1) is 12.3 Å². The molecule has 1 aromatic carbocycles. The molecule has 0 aliphatic heterocycles. The van der Waals surface area contributed by atoms with Crippen molar-refractivity contribution in [3.8, 4) is 5.75 Å². The number of aryl methyl sites for hydroxylation is 1. The summed E-state index contributed by atoms with van der Waals surface area (Å²) in [6.07, 6.45) is 4.80. The van der Waals surface area contributed by atoms with Gasteiger partial charge in [-0.25, -0.2) is 4.99 Å². The zero-order valence-electron chi connectivity index (χ0n) is 18.7. The minimum Gasteiger partial charge on any atom is -0.497 e. The first-order chi connectivity index (χ1) is 13.9. The number of rotatable bonds is 6. The summed E-state index contributed by atoms with van der Waals surface area (Å²) in [6, 6.07) is 8.49. The number of aliphatic imine (C=N–C) groups is 1. The summed E-state index contributed by atoms with van der Waals surface area (Å²) in [6.45, 7) is 7.86. The average molecular weight is 526 g/mol. The van der Waals surface area contributed by atoms with Crippen molar-refractivity contribution in [2.24, 2.45) is 17.5 Å². The predicted molar refractivity (Wildman–Crippen MR) is 131 cm³/mol. The van der Waals surface area contributed by atoms with Crippen LogP contribution in [0.2, 0.25) is 0 Å². The third-order valence-electron chi connectivity index (χ3n) is 5.86. The van der Waals surface area contributed by atoms with Crippen LogP contribution in [0.25, 0.3) is 0 Å². The number of nitrogens with zero attached hydrogens (tertiary/aromatic N) is 4. The highest BCUT2D eigenvalue weighted by atomic mass is 127. The monoisotopic (exact) mass is 526 g/mol. The average Bonchev–Trinajstić information content (AvgIpc) is 3.04. The van der Waals surface area contributed by atoms with Gasteiger partial charge in [-0.05, 0) is 55.7 Å². The van der Waals surface area contributed by atoms with Gasteiger partial charge in [-0.1, -0.05) is 26.0 Å². The lowest BCUT2D eigenvalue weighted by atomic mass is 9.75. The molecule has 1 fully saturated rings. The van der Waals surface area contributed by atoms with E-state index in [0.29, 0.717) is 24.5 Å². The van der Waals surface area contributed by atoms with E-state index in [1.54, 1.807) is 7.11 Å². The van der Waals surface area contributed by atoms with Crippen molar-refractivity contribution in [1.29, 1.82) is 0 Å². The second-order valence-corrected chi connectivity index (χ2v) is 8.67. The number of halogens is 1. The number of ether oxygens (including phenoxy) is 1. The first-order valence-corrected chi connectivity index (χ1v) is 10.4. The van der Waals surface area contributed by atoms with E-state index < -0.39 is 0 Å². The molecule has 1 heterocycles. The van der Waals surface area contributed by atoms with Gasteiger partial charge in [0.25, 0.3) is 0 Å². The van der Waals surface area contributed by atoms with Crippen LogP contribution < -0.4 is 15.4 Å². The molecular formula is C22H35IN6O. The van der Waals surface area contributed by atoms with Crippen molar-refractivity contribution < 1.29 is 4.74 Å². The lowest BCUT2D eigenvalue weighted by Gasteiger charge is -2.35. The number of hydrogen-bond acceptors (Lipinski definition) is 4. The van der Waals surface area contributed by atoms with Crippen molar-refractivity contribution in [1.82, 2.24) is 25.4 Å². The molecular weight excluding hydrogens is 491 g/mol. The summed E-state index contributed by atoms with van der Waals surface area (Å²) < 4.78 is 7.23. The highest BCUT2D eigenvalue weighted by Gasteiger charge is 2.27. The van der Waals surface area contributed by atoms with Gasteiger partial charge in [0.2, 0.25) is 0 Å². The molecule has 0 unspecified atom stereocenters. The first kappa shape index (κ1) is 24.4. The number of methoxy groups -OCH3 is 1. The molecule has 2 aromatic rings. The second-order valence-electron chi connectivity index (χ2n) is 8.67. The van der Waals surface area contributed by atoms with Crippen molar-refractivity contribution in [2.75, 3.05) is 7.11 Å². The molecule has 0 radical (unpaired) electrons. The first-order valence-electron chi connectivity index (χ1n) is 10.4. The summed E-state index contributed by atoms with van der Waals surface area (Å²) in [5.41, 5.74) is 1.59. The predicted octanol–water partition coefficient (Wildman–Crippen LogP) is 3.95. The summed E-state index contributed by atoms with van der Waals surface area (Å²) in [5, 5.41) is 15.5. The van der Waals surface area contributed by atoms with E-state index in [4.69, 9.17) is 9.73 Å². The van der Waals surface area contributed by atoms with Crippen LogP contribution in [-0.4, -0.2) is 33.9 Å². The van der Waals surface area contributed by atoms with Crippen LogP contribution in [0.3, 0.4) is 0 Å². The molecule has 1 aliphatic rings. The molecule has 7 nitrogen and oxygen atoms in total. The Morgan fingerprint density at radius 1 is 1.20 bits per heavy atom. The normalized spacial score (nSPS) is 16.6. The molecule has 0 saturated heterocycles. The van der Waals surface area contributed by atoms with Crippen LogP contribution in [0.15, 0.2) is 29.3 Å². The Bertz CT molecular complexity index is 821. The van der Waals surface area contributed by atoms with Gasteiger partial charge in [0, 0.05) is 13.1 Å². The van der Waals surface area contributed by atoms with Gasteiger partial charge in [0.1, 0.15) is 11.6 Å². The minimum atomic E-state index is 0. The number of aromatic nitrogens is 3. The third kappa shape index (κ3) is 6.85. The smallest absolute Gasteiger partial charge is 0.192 e. The van der Waals surface area contributed by atoms with E-state index in [9.17, 15) is 0 Å². The maximum Gasteiger partial charge on any atom is 0.192 e. The van der Waals surface area contributed by atoms with Gasteiger partial charge in [-0.2, -0.15) is 0 Å². The third-order valence-corrected chi connectivity index (χ3v) is 5.86. The van der Waals surface area contributed by atoms with E-state index in [1.807, 2.05) is 30.7 Å². The Hall–Kier alpha value is -1.84. The molecule has 0 bridgehead atoms. The molecule has 3 rings (SSSR count). The number of benzene rings is 1. The molecule has 1 saturated carbocycles. The molecule has 30 heavy (non-hydrogen) atoms. The Balaban J connectivity index is 0.00000320.